The number of nitrogens with two attached hydrogens (primary N) is 2. The Hall–Kier alpha value is -3.69. The number of nitrogens with one attached hydrogen (secondary N) is 1. The Morgan fingerprint density at radius 3 is 2.68 bits per heavy atom. The quantitative estimate of drug-likeness (QED) is 0.478. The fraction of sp³-hybridized carbons (Fsp3) is 0.320. The van der Waals surface area contributed by atoms with Crippen molar-refractivity contribution in [3.05, 3.63) is 66.2 Å². The Labute approximate surface area is 197 Å². The molecule has 1 aromatic carbocycles. The van der Waals surface area contributed by atoms with Gasteiger partial charge in [0.2, 0.25) is 0 Å². The maximum atomic E-state index is 13.2. The van der Waals surface area contributed by atoms with Crippen LogP contribution in [-0.2, 0) is 9.53 Å². The van der Waals surface area contributed by atoms with Crippen LogP contribution < -0.4 is 16.8 Å². The van der Waals surface area contributed by atoms with Gasteiger partial charge < -0.3 is 26.3 Å². The molecule has 2 fully saturated rings. The van der Waals surface area contributed by atoms with Crippen LogP contribution in [0.25, 0.3) is 11.3 Å². The number of benzene rings is 1. The Kier molecular flexibility index (Phi) is 6.04. The van der Waals surface area contributed by atoms with Crippen LogP contribution in [0.4, 0.5) is 11.5 Å². The predicted octanol–water partition coefficient (Wildman–Crippen LogP) is 2.76. The number of nitrogen functional groups attached to an aromatic ring is 1. The van der Waals surface area contributed by atoms with Crippen molar-refractivity contribution in [3.8, 4) is 11.3 Å². The number of aromatic nitrogens is 3. The standard InChI is InChI=1S/C25H26N6O3/c26-18-10-21(34-23(15-6-7-15)17(18)13-32)16-8-9-28-11-20(16)31-25(33)22-24(27)29-12-19(30-22)14-4-2-1-3-5-14/h1-5,8-9,11-13,15,17-18,21,23H,6-7,10,26H2,(H2,27,29)(H,31,33). The van der Waals surface area contributed by atoms with Gasteiger partial charge in [-0.2, -0.15) is 0 Å². The number of ether oxygens (including phenoxy) is 1. The average molecular weight is 459 g/mol. The van der Waals surface area contributed by atoms with Gasteiger partial charge in [0.1, 0.15) is 6.29 Å². The van der Waals surface area contributed by atoms with Crippen molar-refractivity contribution in [3.63, 3.8) is 0 Å². The Morgan fingerprint density at radius 2 is 1.94 bits per heavy atom. The summed E-state index contributed by atoms with van der Waals surface area (Å²) in [4.78, 5) is 37.6. The predicted molar refractivity (Wildman–Crippen MR) is 127 cm³/mol. The molecule has 2 aromatic heterocycles. The molecule has 5 N–H and O–H groups in total. The number of nitrogens with zero attached hydrogens (tertiary/aromatic N) is 3. The van der Waals surface area contributed by atoms with E-state index in [4.69, 9.17) is 16.2 Å². The van der Waals surface area contributed by atoms with E-state index in [0.717, 1.165) is 30.3 Å². The van der Waals surface area contributed by atoms with Crippen LogP contribution in [0.3, 0.4) is 0 Å². The number of aldehydes is 1. The lowest BCUT2D eigenvalue weighted by atomic mass is 9.84. The Balaban J connectivity index is 1.40. The number of carbonyl (C=O) groups is 2. The Bertz CT molecular complexity index is 1200. The molecule has 0 bridgehead atoms. The lowest BCUT2D eigenvalue weighted by Gasteiger charge is -2.39. The lowest BCUT2D eigenvalue weighted by molar-refractivity contribution is -0.133. The summed E-state index contributed by atoms with van der Waals surface area (Å²) in [5, 5.41) is 2.87. The van der Waals surface area contributed by atoms with Crippen molar-refractivity contribution in [1.82, 2.24) is 15.0 Å². The molecular weight excluding hydrogens is 432 g/mol. The summed E-state index contributed by atoms with van der Waals surface area (Å²) in [5.41, 5.74) is 15.0. The van der Waals surface area contributed by atoms with E-state index in [2.05, 4.69) is 20.3 Å². The summed E-state index contributed by atoms with van der Waals surface area (Å²) >= 11 is 0. The van der Waals surface area contributed by atoms with Gasteiger partial charge in [-0.15, -0.1) is 0 Å². The zero-order valence-corrected chi connectivity index (χ0v) is 18.5. The van der Waals surface area contributed by atoms with E-state index in [-0.39, 0.29) is 35.7 Å². The van der Waals surface area contributed by atoms with E-state index in [1.54, 1.807) is 18.5 Å². The van der Waals surface area contributed by atoms with Gasteiger partial charge in [0, 0.05) is 23.4 Å². The van der Waals surface area contributed by atoms with Gasteiger partial charge in [-0.3, -0.25) is 9.78 Å². The second kappa shape index (κ2) is 9.28. The molecule has 1 saturated carbocycles. The van der Waals surface area contributed by atoms with E-state index in [9.17, 15) is 9.59 Å². The molecule has 4 unspecified atom stereocenters. The van der Waals surface area contributed by atoms with Crippen LogP contribution in [0.5, 0.6) is 0 Å². The third kappa shape index (κ3) is 4.40. The van der Waals surface area contributed by atoms with Crippen LogP contribution >= 0.6 is 0 Å². The topological polar surface area (TPSA) is 146 Å². The molecule has 1 aliphatic carbocycles. The van der Waals surface area contributed by atoms with Crippen LogP contribution in [0.15, 0.2) is 55.0 Å². The highest BCUT2D eigenvalue weighted by Gasteiger charge is 2.45. The second-order valence-corrected chi connectivity index (χ2v) is 8.81. The first-order valence-corrected chi connectivity index (χ1v) is 11.3. The molecule has 0 radical (unpaired) electrons. The zero-order chi connectivity index (χ0) is 23.7. The molecule has 2 aliphatic rings. The van der Waals surface area contributed by atoms with Crippen LogP contribution in [-0.4, -0.2) is 39.3 Å². The molecule has 9 heteroatoms. The second-order valence-electron chi connectivity index (χ2n) is 8.81. The molecule has 3 aromatic rings. The number of carbonyl (C=O) groups excluding carboxylic acids is 2. The van der Waals surface area contributed by atoms with Gasteiger partial charge in [-0.05, 0) is 31.2 Å². The van der Waals surface area contributed by atoms with Crippen molar-refractivity contribution in [2.45, 2.75) is 37.5 Å². The fourth-order valence-electron chi connectivity index (χ4n) is 4.50. The normalized spacial score (nSPS) is 24.4. The van der Waals surface area contributed by atoms with Crippen LogP contribution in [0, 0.1) is 11.8 Å². The summed E-state index contributed by atoms with van der Waals surface area (Å²) in [5.74, 6) is -0.443. The third-order valence-corrected chi connectivity index (χ3v) is 6.46. The number of rotatable bonds is 6. The first-order chi connectivity index (χ1) is 16.5. The number of hydrogen-bond acceptors (Lipinski definition) is 8. The molecule has 1 saturated heterocycles. The molecule has 34 heavy (non-hydrogen) atoms. The average Bonchev–Trinajstić information content (AvgIpc) is 3.70. The molecule has 174 valence electrons. The first-order valence-electron chi connectivity index (χ1n) is 11.3. The summed E-state index contributed by atoms with van der Waals surface area (Å²) < 4.78 is 6.36. The van der Waals surface area contributed by atoms with Crippen molar-refractivity contribution in [2.24, 2.45) is 17.6 Å². The molecule has 0 spiro atoms. The highest BCUT2D eigenvalue weighted by molar-refractivity contribution is 6.06. The molecule has 9 nitrogen and oxygen atoms in total. The number of anilines is 2. The highest BCUT2D eigenvalue weighted by Crippen LogP contribution is 2.45. The molecular formula is C25H26N6O3. The van der Waals surface area contributed by atoms with Crippen molar-refractivity contribution >= 4 is 23.7 Å². The highest BCUT2D eigenvalue weighted by atomic mass is 16.5. The van der Waals surface area contributed by atoms with Crippen LogP contribution in [0.2, 0.25) is 0 Å². The summed E-state index contributed by atoms with van der Waals surface area (Å²) in [7, 11) is 0. The molecule has 1 amide bonds. The number of hydrogen-bond donors (Lipinski definition) is 3. The van der Waals surface area contributed by atoms with Gasteiger partial charge in [0.15, 0.2) is 11.5 Å². The van der Waals surface area contributed by atoms with E-state index in [0.29, 0.717) is 23.7 Å². The minimum atomic E-state index is -0.498. The monoisotopic (exact) mass is 458 g/mol. The molecule has 3 heterocycles. The molecule has 4 atom stereocenters. The van der Waals surface area contributed by atoms with Crippen molar-refractivity contribution in [2.75, 3.05) is 11.1 Å². The van der Waals surface area contributed by atoms with E-state index >= 15 is 0 Å². The lowest BCUT2D eigenvalue weighted by Crippen LogP contribution is -2.47. The minimum absolute atomic E-state index is 0.0225. The molecule has 5 rings (SSSR count). The largest absolute Gasteiger partial charge is 0.382 e. The van der Waals surface area contributed by atoms with Crippen molar-refractivity contribution < 1.29 is 14.3 Å². The summed E-state index contributed by atoms with van der Waals surface area (Å²) in [6, 6.07) is 10.9. The van der Waals surface area contributed by atoms with Gasteiger partial charge in [-0.25, -0.2) is 9.97 Å². The van der Waals surface area contributed by atoms with Crippen LogP contribution in [0.1, 0.15) is 41.4 Å². The van der Waals surface area contributed by atoms with E-state index in [1.807, 2.05) is 30.3 Å². The third-order valence-electron chi connectivity index (χ3n) is 6.46. The maximum Gasteiger partial charge on any atom is 0.278 e. The van der Waals surface area contributed by atoms with Gasteiger partial charge in [0.25, 0.3) is 5.91 Å². The minimum Gasteiger partial charge on any atom is -0.382 e. The Morgan fingerprint density at radius 1 is 1.15 bits per heavy atom. The first kappa shape index (κ1) is 22.1. The van der Waals surface area contributed by atoms with Gasteiger partial charge in [-0.1, -0.05) is 30.3 Å². The number of pyridine rings is 1. The van der Waals surface area contributed by atoms with Gasteiger partial charge >= 0.3 is 0 Å². The van der Waals surface area contributed by atoms with Crippen molar-refractivity contribution in [1.29, 1.82) is 0 Å². The van der Waals surface area contributed by atoms with Gasteiger partial charge in [0.05, 0.1) is 41.9 Å². The maximum absolute atomic E-state index is 13.2. The summed E-state index contributed by atoms with van der Waals surface area (Å²) in [6.07, 6.45) is 7.60. The van der Waals surface area contributed by atoms with E-state index in [1.165, 1.54) is 6.20 Å². The molecule has 1 aliphatic heterocycles. The summed E-state index contributed by atoms with van der Waals surface area (Å²) in [6.45, 7) is 0. The fourth-order valence-corrected chi connectivity index (χ4v) is 4.50. The SMILES string of the molecule is Nc1ncc(-c2ccccc2)nc1C(=O)Nc1cnccc1C1CC(N)C(C=O)C(C2CC2)O1. The van der Waals surface area contributed by atoms with E-state index < -0.39 is 5.91 Å². The number of amides is 1. The smallest absolute Gasteiger partial charge is 0.278 e. The zero-order valence-electron chi connectivity index (χ0n) is 18.5.